The summed E-state index contributed by atoms with van der Waals surface area (Å²) in [5, 5.41) is 0. The lowest BCUT2D eigenvalue weighted by Crippen LogP contribution is -2.11. The molecule has 0 spiro atoms. The van der Waals surface area contributed by atoms with Crippen molar-refractivity contribution in [2.75, 3.05) is 25.7 Å². The van der Waals surface area contributed by atoms with Gasteiger partial charge in [0.1, 0.15) is 0 Å². The molecule has 0 aliphatic rings. The predicted molar refractivity (Wildman–Crippen MR) is 113 cm³/mol. The van der Waals surface area contributed by atoms with Crippen molar-refractivity contribution >= 4 is 31.6 Å². The zero-order chi connectivity index (χ0) is 22.6. The van der Waals surface area contributed by atoms with Gasteiger partial charge in [0.2, 0.25) is 0 Å². The van der Waals surface area contributed by atoms with Crippen LogP contribution in [0.1, 0.15) is 49.7 Å². The molecule has 0 amide bonds. The maximum atomic E-state index is 12.2. The van der Waals surface area contributed by atoms with E-state index < -0.39 is 19.7 Å². The topological polar surface area (TPSA) is 121 Å². The van der Waals surface area contributed by atoms with Crippen LogP contribution in [0.3, 0.4) is 0 Å². The summed E-state index contributed by atoms with van der Waals surface area (Å²) in [5.41, 5.74) is 1.17. The van der Waals surface area contributed by atoms with Gasteiger partial charge in [-0.25, -0.2) is 16.8 Å². The summed E-state index contributed by atoms with van der Waals surface area (Å²) >= 11 is 0. The maximum Gasteiger partial charge on any atom is 0.305 e. The summed E-state index contributed by atoms with van der Waals surface area (Å²) in [7, 11) is -4.06. The predicted octanol–water partition coefficient (Wildman–Crippen LogP) is 2.20. The number of hydrogen-bond acceptors (Lipinski definition) is 8. The Morgan fingerprint density at radius 1 is 0.667 bits per heavy atom. The molecular weight excluding hydrogens is 432 g/mol. The summed E-state index contributed by atoms with van der Waals surface area (Å²) < 4.78 is 57.8. The van der Waals surface area contributed by atoms with Crippen molar-refractivity contribution in [2.45, 2.75) is 50.0 Å². The van der Waals surface area contributed by atoms with E-state index in [1.807, 2.05) is 0 Å². The molecule has 1 rings (SSSR count). The third-order valence-corrected chi connectivity index (χ3v) is 7.79. The second-order valence-corrected chi connectivity index (χ2v) is 11.4. The van der Waals surface area contributed by atoms with Gasteiger partial charge in [-0.3, -0.25) is 9.59 Å². The third kappa shape index (κ3) is 11.3. The quantitative estimate of drug-likeness (QED) is 0.305. The van der Waals surface area contributed by atoms with Crippen molar-refractivity contribution in [1.29, 1.82) is 0 Å². The number of benzene rings is 1. The Morgan fingerprint density at radius 3 is 1.30 bits per heavy atom. The second-order valence-electron chi connectivity index (χ2n) is 7.07. The highest BCUT2D eigenvalue weighted by atomic mass is 32.2. The van der Waals surface area contributed by atoms with E-state index in [1.165, 1.54) is 14.2 Å². The molecule has 0 heterocycles. The number of methoxy groups -OCH3 is 2. The fourth-order valence-corrected chi connectivity index (χ4v) is 5.75. The Hall–Kier alpha value is -1.94. The van der Waals surface area contributed by atoms with Crippen molar-refractivity contribution in [3.8, 4) is 0 Å². The minimum absolute atomic E-state index is 0.0221. The van der Waals surface area contributed by atoms with Crippen molar-refractivity contribution in [3.63, 3.8) is 0 Å². The van der Waals surface area contributed by atoms with Crippen LogP contribution in [0, 0.1) is 0 Å². The van der Waals surface area contributed by atoms with Gasteiger partial charge < -0.3 is 9.47 Å². The lowest BCUT2D eigenvalue weighted by molar-refractivity contribution is -0.141. The van der Waals surface area contributed by atoms with Crippen LogP contribution in [-0.4, -0.2) is 54.5 Å². The van der Waals surface area contributed by atoms with Crippen LogP contribution in [0.5, 0.6) is 0 Å². The van der Waals surface area contributed by atoms with Crippen molar-refractivity contribution in [3.05, 3.63) is 35.4 Å². The van der Waals surface area contributed by atoms with E-state index in [1.54, 1.807) is 24.3 Å². The summed E-state index contributed by atoms with van der Waals surface area (Å²) in [6.07, 6.45) is 2.04. The van der Waals surface area contributed by atoms with Crippen LogP contribution in [0.4, 0.5) is 0 Å². The number of unbranched alkanes of at least 4 members (excludes halogenated alkanes) is 2. The van der Waals surface area contributed by atoms with E-state index in [0.717, 1.165) is 0 Å². The van der Waals surface area contributed by atoms with Crippen LogP contribution in [0.15, 0.2) is 24.3 Å². The van der Waals surface area contributed by atoms with E-state index in [-0.39, 0.29) is 47.8 Å². The number of carbonyl (C=O) groups is 2. The zero-order valence-corrected chi connectivity index (χ0v) is 19.1. The molecule has 0 aromatic heterocycles. The summed E-state index contributed by atoms with van der Waals surface area (Å²) in [6, 6.07) is 6.48. The SMILES string of the molecule is COC(=O)CCCCS(=O)(=O)Cc1ccc(CS(=O)(=O)CCCCC(=O)OC)cc1. The van der Waals surface area contributed by atoms with Gasteiger partial charge in [-0.05, 0) is 36.8 Å². The second kappa shape index (κ2) is 12.7. The number of esters is 2. The molecule has 1 aromatic rings. The molecule has 0 aliphatic heterocycles. The average Bonchev–Trinajstić information content (AvgIpc) is 2.69. The number of carbonyl (C=O) groups excluding carboxylic acids is 2. The Labute approximate surface area is 178 Å². The Balaban J connectivity index is 2.48. The van der Waals surface area contributed by atoms with Crippen LogP contribution in [0.25, 0.3) is 0 Å². The first kappa shape index (κ1) is 26.1. The largest absolute Gasteiger partial charge is 0.469 e. The van der Waals surface area contributed by atoms with Crippen molar-refractivity contribution in [1.82, 2.24) is 0 Å². The first-order chi connectivity index (χ1) is 14.1. The minimum atomic E-state index is -3.32. The van der Waals surface area contributed by atoms with Crippen LogP contribution >= 0.6 is 0 Å². The van der Waals surface area contributed by atoms with Gasteiger partial charge in [-0.15, -0.1) is 0 Å². The molecule has 0 N–H and O–H groups in total. The van der Waals surface area contributed by atoms with Crippen molar-refractivity contribution in [2.24, 2.45) is 0 Å². The lowest BCUT2D eigenvalue weighted by Gasteiger charge is -2.07. The Kier molecular flexibility index (Phi) is 11.0. The van der Waals surface area contributed by atoms with Gasteiger partial charge in [-0.2, -0.15) is 0 Å². The van der Waals surface area contributed by atoms with E-state index in [9.17, 15) is 26.4 Å². The summed E-state index contributed by atoms with van der Waals surface area (Å²) in [6.45, 7) is 0. The first-order valence-corrected chi connectivity index (χ1v) is 13.3. The Morgan fingerprint density at radius 2 is 1.00 bits per heavy atom. The molecule has 0 bridgehead atoms. The molecule has 30 heavy (non-hydrogen) atoms. The molecule has 0 aliphatic carbocycles. The molecule has 1 aromatic carbocycles. The monoisotopic (exact) mass is 462 g/mol. The third-order valence-electron chi connectivity index (χ3n) is 4.42. The fourth-order valence-electron chi connectivity index (χ4n) is 2.77. The van der Waals surface area contributed by atoms with E-state index in [4.69, 9.17) is 0 Å². The lowest BCUT2D eigenvalue weighted by atomic mass is 10.2. The van der Waals surface area contributed by atoms with E-state index in [2.05, 4.69) is 9.47 Å². The minimum Gasteiger partial charge on any atom is -0.469 e. The summed E-state index contributed by atoms with van der Waals surface area (Å²) in [5.74, 6) is -1.03. The van der Waals surface area contributed by atoms with Gasteiger partial charge in [0.25, 0.3) is 0 Å². The normalized spacial score (nSPS) is 11.8. The number of hydrogen-bond donors (Lipinski definition) is 0. The molecule has 0 saturated carbocycles. The molecular formula is C20H30O8S2. The number of sulfone groups is 2. The van der Waals surface area contributed by atoms with Gasteiger partial charge >= 0.3 is 11.9 Å². The number of rotatable bonds is 14. The van der Waals surface area contributed by atoms with E-state index in [0.29, 0.717) is 36.8 Å². The maximum absolute atomic E-state index is 12.2. The molecule has 170 valence electrons. The molecule has 0 saturated heterocycles. The zero-order valence-electron chi connectivity index (χ0n) is 17.5. The van der Waals surface area contributed by atoms with Gasteiger partial charge in [0.15, 0.2) is 19.7 Å². The molecule has 0 unspecified atom stereocenters. The average molecular weight is 463 g/mol. The molecule has 10 heteroatoms. The Bertz CT molecular complexity index is 812. The van der Waals surface area contributed by atoms with Crippen LogP contribution < -0.4 is 0 Å². The van der Waals surface area contributed by atoms with Gasteiger partial charge in [0, 0.05) is 12.8 Å². The van der Waals surface area contributed by atoms with Crippen molar-refractivity contribution < 1.29 is 35.9 Å². The molecule has 8 nitrogen and oxygen atoms in total. The highest BCUT2D eigenvalue weighted by Crippen LogP contribution is 2.14. The number of ether oxygens (including phenoxy) is 2. The van der Waals surface area contributed by atoms with E-state index >= 15 is 0 Å². The van der Waals surface area contributed by atoms with Crippen LogP contribution in [-0.2, 0) is 50.2 Å². The van der Waals surface area contributed by atoms with Gasteiger partial charge in [-0.1, -0.05) is 24.3 Å². The molecule has 0 radical (unpaired) electrons. The smallest absolute Gasteiger partial charge is 0.305 e. The first-order valence-electron chi connectivity index (χ1n) is 9.69. The highest BCUT2D eigenvalue weighted by Gasteiger charge is 2.15. The fraction of sp³-hybridized carbons (Fsp3) is 0.600. The standard InChI is InChI=1S/C20H30O8S2/c1-27-19(21)7-3-5-13-29(23,24)15-17-9-11-18(12-10-17)16-30(25,26)14-6-4-8-20(22)28-2/h9-12H,3-8,13-16H2,1-2H3. The van der Waals surface area contributed by atoms with Crippen LogP contribution in [0.2, 0.25) is 0 Å². The summed E-state index contributed by atoms with van der Waals surface area (Å²) in [4.78, 5) is 22.1. The molecule has 0 fully saturated rings. The molecule has 0 atom stereocenters. The highest BCUT2D eigenvalue weighted by molar-refractivity contribution is 7.90. The van der Waals surface area contributed by atoms with Gasteiger partial charge in [0.05, 0.1) is 37.2 Å².